The first-order chi connectivity index (χ1) is 27.3. The Bertz CT molecular complexity index is 3330. The summed E-state index contributed by atoms with van der Waals surface area (Å²) in [5, 5.41) is 7.21. The monoisotopic (exact) mass is 699 g/mol. The van der Waals surface area contributed by atoms with Crippen molar-refractivity contribution in [3.05, 3.63) is 211 Å². The molecule has 11 aromatic rings. The van der Waals surface area contributed by atoms with Crippen LogP contribution in [0.5, 0.6) is 0 Å². The van der Waals surface area contributed by atoms with Crippen LogP contribution in [0.25, 0.3) is 93.6 Å². The van der Waals surface area contributed by atoms with E-state index in [-0.39, 0.29) is 5.92 Å². The lowest BCUT2D eigenvalue weighted by molar-refractivity contribution is 0.669. The standard InChI is InChI=1S/C53H33NO/c1-2-12-33(13-3-1)53-45-17-5-4-14-39(45)47-30-34(25-29-46(47)53)35-24-27-42-41-15-6-8-21-48(41)54(50(42)31-35)49-22-11-19-38-37(18-10-20-40(38)49)36-26-28-44-43-16-7-9-23-51(43)55-52(44)32-36/h1-32,53H. The predicted octanol–water partition coefficient (Wildman–Crippen LogP) is 14.3. The van der Waals surface area contributed by atoms with E-state index in [0.717, 1.165) is 27.5 Å². The molecular formula is C53H33NO. The Labute approximate surface area is 318 Å². The molecule has 2 heteroatoms. The largest absolute Gasteiger partial charge is 0.456 e. The Morgan fingerprint density at radius 2 is 0.982 bits per heavy atom. The van der Waals surface area contributed by atoms with Crippen LogP contribution in [0.3, 0.4) is 0 Å². The van der Waals surface area contributed by atoms with Gasteiger partial charge in [0.15, 0.2) is 0 Å². The van der Waals surface area contributed by atoms with Crippen molar-refractivity contribution in [3.63, 3.8) is 0 Å². The van der Waals surface area contributed by atoms with Gasteiger partial charge in [-0.2, -0.15) is 0 Å². The van der Waals surface area contributed by atoms with Gasteiger partial charge in [-0.05, 0) is 97.9 Å². The molecule has 1 unspecified atom stereocenters. The van der Waals surface area contributed by atoms with Gasteiger partial charge in [0.2, 0.25) is 0 Å². The Morgan fingerprint density at radius 1 is 0.345 bits per heavy atom. The van der Waals surface area contributed by atoms with Crippen molar-refractivity contribution in [2.45, 2.75) is 5.92 Å². The molecule has 0 amide bonds. The summed E-state index contributed by atoms with van der Waals surface area (Å²) in [6.07, 6.45) is 0. The zero-order valence-corrected chi connectivity index (χ0v) is 29.9. The molecule has 9 aromatic carbocycles. The zero-order chi connectivity index (χ0) is 36.0. The minimum atomic E-state index is 0.239. The third kappa shape index (κ3) is 4.49. The molecule has 1 aliphatic carbocycles. The minimum Gasteiger partial charge on any atom is -0.456 e. The second-order valence-electron chi connectivity index (χ2n) is 14.8. The number of rotatable bonds is 4. The van der Waals surface area contributed by atoms with Crippen LogP contribution in [0.4, 0.5) is 0 Å². The fraction of sp³-hybridized carbons (Fsp3) is 0.0189. The van der Waals surface area contributed by atoms with E-state index in [1.807, 2.05) is 12.1 Å². The molecule has 12 rings (SSSR count). The van der Waals surface area contributed by atoms with E-state index in [2.05, 4.69) is 187 Å². The fourth-order valence-corrected chi connectivity index (χ4v) is 9.43. The molecule has 0 radical (unpaired) electrons. The Kier molecular flexibility index (Phi) is 6.43. The first-order valence-electron chi connectivity index (χ1n) is 19.0. The summed E-state index contributed by atoms with van der Waals surface area (Å²) < 4.78 is 8.79. The van der Waals surface area contributed by atoms with Gasteiger partial charge in [0.25, 0.3) is 0 Å². The summed E-state index contributed by atoms with van der Waals surface area (Å²) in [5.74, 6) is 0.239. The molecule has 55 heavy (non-hydrogen) atoms. The van der Waals surface area contributed by atoms with Crippen molar-refractivity contribution in [3.8, 4) is 39.1 Å². The molecule has 0 N–H and O–H groups in total. The maximum absolute atomic E-state index is 6.32. The number of hydrogen-bond acceptors (Lipinski definition) is 1. The summed E-state index contributed by atoms with van der Waals surface area (Å²) in [7, 11) is 0. The highest BCUT2D eigenvalue weighted by molar-refractivity contribution is 6.13. The number of para-hydroxylation sites is 2. The summed E-state index contributed by atoms with van der Waals surface area (Å²) in [6.45, 7) is 0. The van der Waals surface area contributed by atoms with Gasteiger partial charge in [-0.3, -0.25) is 0 Å². The van der Waals surface area contributed by atoms with Crippen molar-refractivity contribution >= 4 is 54.5 Å². The van der Waals surface area contributed by atoms with Crippen molar-refractivity contribution < 1.29 is 4.42 Å². The normalized spacial score (nSPS) is 13.6. The van der Waals surface area contributed by atoms with Crippen LogP contribution in [0.1, 0.15) is 22.6 Å². The van der Waals surface area contributed by atoms with Gasteiger partial charge in [-0.15, -0.1) is 0 Å². The zero-order valence-electron chi connectivity index (χ0n) is 29.9. The van der Waals surface area contributed by atoms with E-state index in [1.165, 1.54) is 82.8 Å². The molecule has 1 atom stereocenters. The highest BCUT2D eigenvalue weighted by atomic mass is 16.3. The van der Waals surface area contributed by atoms with Crippen LogP contribution < -0.4 is 0 Å². The van der Waals surface area contributed by atoms with Crippen molar-refractivity contribution in [2.24, 2.45) is 0 Å². The topological polar surface area (TPSA) is 18.1 Å². The van der Waals surface area contributed by atoms with Crippen LogP contribution in [0, 0.1) is 0 Å². The van der Waals surface area contributed by atoms with Gasteiger partial charge in [0.1, 0.15) is 11.2 Å². The Hall–Kier alpha value is -7.16. The van der Waals surface area contributed by atoms with E-state index in [4.69, 9.17) is 4.42 Å². The van der Waals surface area contributed by atoms with Crippen LogP contribution in [0.15, 0.2) is 199 Å². The molecule has 0 aliphatic heterocycles. The van der Waals surface area contributed by atoms with Gasteiger partial charge >= 0.3 is 0 Å². The number of aromatic nitrogens is 1. The van der Waals surface area contributed by atoms with Crippen molar-refractivity contribution in [1.29, 1.82) is 0 Å². The van der Waals surface area contributed by atoms with Crippen LogP contribution in [-0.2, 0) is 0 Å². The predicted molar refractivity (Wildman–Crippen MR) is 229 cm³/mol. The van der Waals surface area contributed by atoms with Gasteiger partial charge in [-0.1, -0.05) is 152 Å². The lowest BCUT2D eigenvalue weighted by Gasteiger charge is -2.15. The third-order valence-corrected chi connectivity index (χ3v) is 11.9. The summed E-state index contributed by atoms with van der Waals surface area (Å²) in [6, 6.07) is 71.0. The van der Waals surface area contributed by atoms with Gasteiger partial charge in [-0.25, -0.2) is 0 Å². The quantitative estimate of drug-likeness (QED) is 0.179. The van der Waals surface area contributed by atoms with Gasteiger partial charge < -0.3 is 8.98 Å². The van der Waals surface area contributed by atoms with Crippen LogP contribution in [-0.4, -0.2) is 4.57 Å². The summed E-state index contributed by atoms with van der Waals surface area (Å²) >= 11 is 0. The molecule has 2 heterocycles. The smallest absolute Gasteiger partial charge is 0.136 e. The van der Waals surface area contributed by atoms with Crippen molar-refractivity contribution in [2.75, 3.05) is 0 Å². The van der Waals surface area contributed by atoms with Crippen LogP contribution >= 0.6 is 0 Å². The molecule has 0 saturated heterocycles. The highest BCUT2D eigenvalue weighted by Crippen LogP contribution is 2.49. The average Bonchev–Trinajstić information content (AvgIpc) is 3.90. The first-order valence-corrected chi connectivity index (χ1v) is 19.0. The minimum absolute atomic E-state index is 0.239. The van der Waals surface area contributed by atoms with E-state index in [9.17, 15) is 0 Å². The number of furan rings is 1. The van der Waals surface area contributed by atoms with Gasteiger partial charge in [0, 0.05) is 32.8 Å². The Morgan fingerprint density at radius 3 is 1.93 bits per heavy atom. The number of benzene rings is 9. The molecule has 0 spiro atoms. The maximum atomic E-state index is 6.32. The van der Waals surface area contributed by atoms with E-state index < -0.39 is 0 Å². The molecule has 0 bridgehead atoms. The molecule has 0 fully saturated rings. The lowest BCUT2D eigenvalue weighted by atomic mass is 9.89. The molecular weight excluding hydrogens is 667 g/mol. The molecule has 0 saturated carbocycles. The molecule has 1 aliphatic rings. The number of hydrogen-bond donors (Lipinski definition) is 0. The number of nitrogens with zero attached hydrogens (tertiary/aromatic N) is 1. The van der Waals surface area contributed by atoms with Crippen molar-refractivity contribution in [1.82, 2.24) is 4.57 Å². The summed E-state index contributed by atoms with van der Waals surface area (Å²) in [5.41, 5.74) is 16.9. The summed E-state index contributed by atoms with van der Waals surface area (Å²) in [4.78, 5) is 0. The van der Waals surface area contributed by atoms with Crippen LogP contribution in [0.2, 0.25) is 0 Å². The first kappa shape index (κ1) is 30.3. The van der Waals surface area contributed by atoms with E-state index >= 15 is 0 Å². The molecule has 2 aromatic heterocycles. The third-order valence-electron chi connectivity index (χ3n) is 11.9. The highest BCUT2D eigenvalue weighted by Gasteiger charge is 2.30. The fourth-order valence-electron chi connectivity index (χ4n) is 9.43. The average molecular weight is 700 g/mol. The second kappa shape index (κ2) is 11.7. The van der Waals surface area contributed by atoms with E-state index in [1.54, 1.807) is 0 Å². The Balaban J connectivity index is 1.03. The maximum Gasteiger partial charge on any atom is 0.136 e. The second-order valence-corrected chi connectivity index (χ2v) is 14.8. The molecule has 2 nitrogen and oxygen atoms in total. The SMILES string of the molecule is c1ccc(C2c3ccccc3-c3cc(-c4ccc5c6ccccc6n(-c6cccc7c(-c8ccc9c(c8)oc8ccccc89)cccc67)c5c4)ccc32)cc1. The van der Waals surface area contributed by atoms with Gasteiger partial charge in [0.05, 0.1) is 16.7 Å². The molecule has 256 valence electrons. The number of fused-ring (bicyclic) bond motifs is 10. The lowest BCUT2D eigenvalue weighted by Crippen LogP contribution is -1.98. The van der Waals surface area contributed by atoms with E-state index in [0.29, 0.717) is 0 Å².